The molecule has 0 fully saturated rings. The van der Waals surface area contributed by atoms with Crippen molar-refractivity contribution in [2.75, 3.05) is 7.11 Å². The molecule has 0 saturated carbocycles. The highest BCUT2D eigenvalue weighted by Gasteiger charge is 2.17. The number of ether oxygens (including phenoxy) is 1. The SMILES string of the molecule is COc1cc(Cl)cc(C(=O)c2ccccc2)c1Cl. The zero-order chi connectivity index (χ0) is 13.1. The summed E-state index contributed by atoms with van der Waals surface area (Å²) in [5.74, 6) is 0.213. The summed E-state index contributed by atoms with van der Waals surface area (Å²) in [7, 11) is 1.48. The van der Waals surface area contributed by atoms with Crippen LogP contribution in [0.3, 0.4) is 0 Å². The van der Waals surface area contributed by atoms with Gasteiger partial charge in [0.05, 0.1) is 12.1 Å². The van der Waals surface area contributed by atoms with Gasteiger partial charge in [0.1, 0.15) is 5.75 Å². The van der Waals surface area contributed by atoms with E-state index in [1.54, 1.807) is 36.4 Å². The summed E-state index contributed by atoms with van der Waals surface area (Å²) in [6.07, 6.45) is 0. The molecule has 2 aromatic carbocycles. The second-order valence-electron chi connectivity index (χ2n) is 3.66. The molecule has 0 spiro atoms. The predicted molar refractivity (Wildman–Crippen MR) is 72.9 cm³/mol. The van der Waals surface area contributed by atoms with E-state index in [0.717, 1.165) is 0 Å². The Kier molecular flexibility index (Phi) is 3.90. The molecular formula is C14H10Cl2O2. The lowest BCUT2D eigenvalue weighted by atomic mass is 10.0. The minimum absolute atomic E-state index is 0.179. The molecule has 0 N–H and O–H groups in total. The lowest BCUT2D eigenvalue weighted by Crippen LogP contribution is -2.03. The molecule has 0 aliphatic carbocycles. The summed E-state index contributed by atoms with van der Waals surface area (Å²) in [5, 5.41) is 0.686. The minimum Gasteiger partial charge on any atom is -0.495 e. The van der Waals surface area contributed by atoms with Gasteiger partial charge in [0.25, 0.3) is 0 Å². The lowest BCUT2D eigenvalue weighted by molar-refractivity contribution is 0.103. The first-order chi connectivity index (χ1) is 8.63. The maximum absolute atomic E-state index is 12.3. The maximum atomic E-state index is 12.3. The van der Waals surface area contributed by atoms with Crippen molar-refractivity contribution in [3.05, 3.63) is 63.6 Å². The fourth-order valence-electron chi connectivity index (χ4n) is 1.62. The summed E-state index contributed by atoms with van der Waals surface area (Å²) >= 11 is 12.1. The Balaban J connectivity index is 2.52. The minimum atomic E-state index is -0.179. The summed E-state index contributed by atoms with van der Waals surface area (Å²) in [4.78, 5) is 12.3. The Hall–Kier alpha value is -1.51. The highest BCUT2D eigenvalue weighted by molar-refractivity contribution is 6.38. The van der Waals surface area contributed by atoms with Crippen molar-refractivity contribution in [1.29, 1.82) is 0 Å². The zero-order valence-electron chi connectivity index (χ0n) is 9.61. The van der Waals surface area contributed by atoms with Crippen molar-refractivity contribution in [1.82, 2.24) is 0 Å². The Labute approximate surface area is 115 Å². The van der Waals surface area contributed by atoms with Crippen LogP contribution < -0.4 is 4.74 Å². The number of hydrogen-bond acceptors (Lipinski definition) is 2. The molecule has 92 valence electrons. The van der Waals surface area contributed by atoms with E-state index in [4.69, 9.17) is 27.9 Å². The highest BCUT2D eigenvalue weighted by atomic mass is 35.5. The molecule has 0 aliphatic heterocycles. The Morgan fingerprint density at radius 2 is 1.78 bits per heavy atom. The maximum Gasteiger partial charge on any atom is 0.194 e. The first kappa shape index (κ1) is 12.9. The molecule has 0 radical (unpaired) electrons. The van der Waals surface area contributed by atoms with Crippen LogP contribution in [0.25, 0.3) is 0 Å². The van der Waals surface area contributed by atoms with Gasteiger partial charge in [-0.2, -0.15) is 0 Å². The second-order valence-corrected chi connectivity index (χ2v) is 4.48. The summed E-state index contributed by atoms with van der Waals surface area (Å²) in [5.41, 5.74) is 0.899. The van der Waals surface area contributed by atoms with E-state index in [-0.39, 0.29) is 10.8 Å². The quantitative estimate of drug-likeness (QED) is 0.787. The van der Waals surface area contributed by atoms with Crippen LogP contribution in [0.5, 0.6) is 5.75 Å². The molecule has 2 aromatic rings. The number of benzene rings is 2. The second kappa shape index (κ2) is 5.42. The van der Waals surface area contributed by atoms with E-state index >= 15 is 0 Å². The van der Waals surface area contributed by atoms with Gasteiger partial charge in [-0.15, -0.1) is 0 Å². The van der Waals surface area contributed by atoms with Gasteiger partial charge in [0, 0.05) is 22.2 Å². The van der Waals surface area contributed by atoms with Crippen LogP contribution in [0, 0.1) is 0 Å². The van der Waals surface area contributed by atoms with Gasteiger partial charge < -0.3 is 4.74 Å². The topological polar surface area (TPSA) is 26.3 Å². The molecule has 2 rings (SSSR count). The van der Waals surface area contributed by atoms with Crippen LogP contribution in [0.1, 0.15) is 15.9 Å². The number of carbonyl (C=O) groups is 1. The molecular weight excluding hydrogens is 271 g/mol. The van der Waals surface area contributed by atoms with Crippen molar-refractivity contribution in [2.45, 2.75) is 0 Å². The monoisotopic (exact) mass is 280 g/mol. The van der Waals surface area contributed by atoms with Crippen LogP contribution in [0.15, 0.2) is 42.5 Å². The van der Waals surface area contributed by atoms with E-state index in [0.29, 0.717) is 21.9 Å². The summed E-state index contributed by atoms with van der Waals surface area (Å²) in [6, 6.07) is 12.0. The fraction of sp³-hybridized carbons (Fsp3) is 0.0714. The lowest BCUT2D eigenvalue weighted by Gasteiger charge is -2.09. The van der Waals surface area contributed by atoms with Crippen LogP contribution in [0.4, 0.5) is 0 Å². The third-order valence-corrected chi connectivity index (χ3v) is 3.11. The highest BCUT2D eigenvalue weighted by Crippen LogP contribution is 2.33. The molecule has 4 heteroatoms. The Morgan fingerprint density at radius 3 is 2.39 bits per heavy atom. The standard InChI is InChI=1S/C14H10Cl2O2/c1-18-12-8-10(15)7-11(13(12)16)14(17)9-5-3-2-4-6-9/h2-8H,1H3. The molecule has 18 heavy (non-hydrogen) atoms. The molecule has 0 saturated heterocycles. The molecule has 0 aromatic heterocycles. The van der Waals surface area contributed by atoms with Crippen LogP contribution in [0.2, 0.25) is 10.0 Å². The average molecular weight is 281 g/mol. The third-order valence-electron chi connectivity index (χ3n) is 2.50. The molecule has 0 heterocycles. The van der Waals surface area contributed by atoms with Crippen LogP contribution in [-0.4, -0.2) is 12.9 Å². The zero-order valence-corrected chi connectivity index (χ0v) is 11.1. The van der Waals surface area contributed by atoms with Crippen molar-refractivity contribution in [3.63, 3.8) is 0 Å². The number of hydrogen-bond donors (Lipinski definition) is 0. The van der Waals surface area contributed by atoms with Crippen molar-refractivity contribution in [2.24, 2.45) is 0 Å². The first-order valence-corrected chi connectivity index (χ1v) is 6.02. The fourth-order valence-corrected chi connectivity index (χ4v) is 2.10. The van der Waals surface area contributed by atoms with Gasteiger partial charge in [-0.1, -0.05) is 53.5 Å². The number of methoxy groups -OCH3 is 1. The first-order valence-electron chi connectivity index (χ1n) is 5.26. The molecule has 0 unspecified atom stereocenters. The van der Waals surface area contributed by atoms with E-state index in [1.165, 1.54) is 7.11 Å². The molecule has 0 bridgehead atoms. The van der Waals surface area contributed by atoms with Gasteiger partial charge in [-0.25, -0.2) is 0 Å². The van der Waals surface area contributed by atoms with Crippen LogP contribution >= 0.6 is 23.2 Å². The Morgan fingerprint density at radius 1 is 1.11 bits per heavy atom. The van der Waals surface area contributed by atoms with Gasteiger partial charge >= 0.3 is 0 Å². The number of carbonyl (C=O) groups excluding carboxylic acids is 1. The smallest absolute Gasteiger partial charge is 0.194 e. The van der Waals surface area contributed by atoms with Gasteiger partial charge in [0.2, 0.25) is 0 Å². The molecule has 0 aliphatic rings. The number of ketones is 1. The van der Waals surface area contributed by atoms with Crippen LogP contribution in [-0.2, 0) is 0 Å². The van der Waals surface area contributed by atoms with Crippen molar-refractivity contribution < 1.29 is 9.53 Å². The van der Waals surface area contributed by atoms with E-state index in [2.05, 4.69) is 0 Å². The summed E-state index contributed by atoms with van der Waals surface area (Å²) < 4.78 is 5.08. The van der Waals surface area contributed by atoms with E-state index < -0.39 is 0 Å². The van der Waals surface area contributed by atoms with Gasteiger partial charge in [0.15, 0.2) is 5.78 Å². The average Bonchev–Trinajstić information content (AvgIpc) is 2.41. The number of halogens is 2. The summed E-state index contributed by atoms with van der Waals surface area (Å²) in [6.45, 7) is 0. The molecule has 2 nitrogen and oxygen atoms in total. The van der Waals surface area contributed by atoms with Crippen molar-refractivity contribution >= 4 is 29.0 Å². The third kappa shape index (κ3) is 2.50. The van der Waals surface area contributed by atoms with Gasteiger partial charge in [-0.05, 0) is 6.07 Å². The van der Waals surface area contributed by atoms with E-state index in [9.17, 15) is 4.79 Å². The molecule has 0 atom stereocenters. The molecule has 0 amide bonds. The number of rotatable bonds is 3. The van der Waals surface area contributed by atoms with Gasteiger partial charge in [-0.3, -0.25) is 4.79 Å². The predicted octanol–water partition coefficient (Wildman–Crippen LogP) is 4.23. The van der Waals surface area contributed by atoms with Crippen molar-refractivity contribution in [3.8, 4) is 5.75 Å². The van der Waals surface area contributed by atoms with E-state index in [1.807, 2.05) is 6.07 Å². The largest absolute Gasteiger partial charge is 0.495 e. The Bertz CT molecular complexity index is 580. The normalized spacial score (nSPS) is 10.2.